The van der Waals surface area contributed by atoms with E-state index < -0.39 is 0 Å². The Balaban J connectivity index is 0.00000192. The van der Waals surface area contributed by atoms with Crippen molar-refractivity contribution in [2.24, 2.45) is 5.73 Å². The van der Waals surface area contributed by atoms with Crippen LogP contribution in [0.5, 0.6) is 0 Å². The van der Waals surface area contributed by atoms with Gasteiger partial charge in [0.15, 0.2) is 5.82 Å². The first-order chi connectivity index (χ1) is 10.8. The van der Waals surface area contributed by atoms with Gasteiger partial charge in [-0.25, -0.2) is 9.67 Å². The van der Waals surface area contributed by atoms with Crippen LogP contribution in [0.15, 0.2) is 0 Å². The third-order valence-electron chi connectivity index (χ3n) is 5.16. The van der Waals surface area contributed by atoms with Crippen LogP contribution in [-0.2, 0) is 11.3 Å². The van der Waals surface area contributed by atoms with Gasteiger partial charge < -0.3 is 10.5 Å². The van der Waals surface area contributed by atoms with E-state index in [1.165, 1.54) is 31.5 Å². The van der Waals surface area contributed by atoms with Gasteiger partial charge in [-0.1, -0.05) is 13.3 Å². The molecule has 0 radical (unpaired) electrons. The van der Waals surface area contributed by atoms with Crippen molar-refractivity contribution < 1.29 is 4.74 Å². The quantitative estimate of drug-likeness (QED) is 0.890. The van der Waals surface area contributed by atoms with Crippen molar-refractivity contribution in [2.75, 3.05) is 13.2 Å². The fourth-order valence-corrected chi connectivity index (χ4v) is 3.65. The average Bonchev–Trinajstić information content (AvgIpc) is 2.98. The molecule has 5 nitrogen and oxygen atoms in total. The first kappa shape index (κ1) is 18.7. The molecule has 2 fully saturated rings. The monoisotopic (exact) mass is 342 g/mol. The molecule has 0 spiro atoms. The van der Waals surface area contributed by atoms with Gasteiger partial charge in [0.1, 0.15) is 5.82 Å². The fraction of sp³-hybridized carbons (Fsp3) is 0.882. The van der Waals surface area contributed by atoms with Gasteiger partial charge in [0.05, 0.1) is 0 Å². The third-order valence-corrected chi connectivity index (χ3v) is 5.16. The van der Waals surface area contributed by atoms with Crippen LogP contribution in [0, 0.1) is 0 Å². The predicted molar refractivity (Wildman–Crippen MR) is 94.2 cm³/mol. The second kappa shape index (κ2) is 9.00. The lowest BCUT2D eigenvalue weighted by molar-refractivity contribution is 0.0835. The summed E-state index contributed by atoms with van der Waals surface area (Å²) in [6.07, 6.45) is 9.07. The summed E-state index contributed by atoms with van der Waals surface area (Å²) < 4.78 is 7.68. The number of nitrogens with two attached hydrogens (primary N) is 1. The zero-order valence-electron chi connectivity index (χ0n) is 14.2. The summed E-state index contributed by atoms with van der Waals surface area (Å²) in [4.78, 5) is 4.99. The number of aromatic nitrogens is 3. The van der Waals surface area contributed by atoms with Crippen LogP contribution in [0.2, 0.25) is 0 Å². The van der Waals surface area contributed by atoms with Gasteiger partial charge >= 0.3 is 0 Å². The Morgan fingerprint density at radius 1 is 1.09 bits per heavy atom. The number of ether oxygens (including phenoxy) is 1. The zero-order valence-corrected chi connectivity index (χ0v) is 15.1. The Kier molecular flexibility index (Phi) is 7.31. The molecule has 1 aromatic rings. The first-order valence-electron chi connectivity index (χ1n) is 9.06. The van der Waals surface area contributed by atoms with E-state index in [-0.39, 0.29) is 12.4 Å². The Labute approximate surface area is 145 Å². The molecule has 0 bridgehead atoms. The highest BCUT2D eigenvalue weighted by atomic mass is 35.5. The van der Waals surface area contributed by atoms with E-state index in [1.54, 1.807) is 0 Å². The molecule has 0 aromatic carbocycles. The Hall–Kier alpha value is -0.650. The topological polar surface area (TPSA) is 66.0 Å². The molecule has 2 heterocycles. The molecule has 6 heteroatoms. The molecule has 1 saturated heterocycles. The summed E-state index contributed by atoms with van der Waals surface area (Å²) in [5.74, 6) is 3.32. The maximum Gasteiger partial charge on any atom is 0.154 e. The van der Waals surface area contributed by atoms with Crippen LogP contribution in [0.4, 0.5) is 0 Å². The number of hydrogen-bond acceptors (Lipinski definition) is 4. The van der Waals surface area contributed by atoms with E-state index in [0.717, 1.165) is 51.3 Å². The lowest BCUT2D eigenvalue weighted by Gasteiger charge is -2.25. The molecule has 2 N–H and O–H groups in total. The number of rotatable bonds is 5. The van der Waals surface area contributed by atoms with Gasteiger partial charge in [0.25, 0.3) is 0 Å². The van der Waals surface area contributed by atoms with Gasteiger partial charge in [-0.05, 0) is 44.9 Å². The Bertz CT molecular complexity index is 465. The summed E-state index contributed by atoms with van der Waals surface area (Å²) in [6, 6.07) is 0.387. The molecule has 1 aromatic heterocycles. The summed E-state index contributed by atoms with van der Waals surface area (Å²) in [5.41, 5.74) is 6.06. The molecule has 0 unspecified atom stereocenters. The minimum atomic E-state index is 0. The highest BCUT2D eigenvalue weighted by molar-refractivity contribution is 5.85. The standard InChI is InChI=1S/C17H30N4O.ClH/c1-2-3-10-21-17(14-4-6-15(18)7-5-14)19-16(20-21)13-8-11-22-12-9-13;/h13-15H,2-12,18H2,1H3;1H. The van der Waals surface area contributed by atoms with Crippen LogP contribution < -0.4 is 5.73 Å². The van der Waals surface area contributed by atoms with Crippen LogP contribution >= 0.6 is 12.4 Å². The molecular weight excluding hydrogens is 312 g/mol. The van der Waals surface area contributed by atoms with Crippen molar-refractivity contribution in [3.8, 4) is 0 Å². The molecular formula is C17H31ClN4O. The van der Waals surface area contributed by atoms with E-state index in [0.29, 0.717) is 17.9 Å². The molecule has 2 aliphatic rings. The van der Waals surface area contributed by atoms with Crippen LogP contribution in [0.1, 0.15) is 81.8 Å². The maximum absolute atomic E-state index is 6.06. The van der Waals surface area contributed by atoms with Crippen LogP contribution in [-0.4, -0.2) is 34.0 Å². The Morgan fingerprint density at radius 2 is 1.78 bits per heavy atom. The van der Waals surface area contributed by atoms with Crippen molar-refractivity contribution in [3.05, 3.63) is 11.6 Å². The SMILES string of the molecule is CCCCn1nc(C2CCOCC2)nc1C1CCC(N)CC1.Cl. The molecule has 23 heavy (non-hydrogen) atoms. The number of unbranched alkanes of at least 4 members (excludes halogenated alkanes) is 1. The van der Waals surface area contributed by atoms with Crippen molar-refractivity contribution in [3.63, 3.8) is 0 Å². The number of hydrogen-bond donors (Lipinski definition) is 1. The third kappa shape index (κ3) is 4.68. The minimum Gasteiger partial charge on any atom is -0.381 e. The molecule has 1 aliphatic carbocycles. The van der Waals surface area contributed by atoms with Gasteiger partial charge in [-0.2, -0.15) is 5.10 Å². The summed E-state index contributed by atoms with van der Waals surface area (Å²) in [5, 5.41) is 4.88. The van der Waals surface area contributed by atoms with E-state index in [2.05, 4.69) is 11.6 Å². The lowest BCUT2D eigenvalue weighted by atomic mass is 9.86. The predicted octanol–water partition coefficient (Wildman–Crippen LogP) is 3.38. The van der Waals surface area contributed by atoms with Gasteiger partial charge in [-0.3, -0.25) is 0 Å². The molecule has 132 valence electrons. The molecule has 0 amide bonds. The summed E-state index contributed by atoms with van der Waals surface area (Å²) in [6.45, 7) is 4.93. The zero-order chi connectivity index (χ0) is 15.4. The van der Waals surface area contributed by atoms with Gasteiger partial charge in [0.2, 0.25) is 0 Å². The average molecular weight is 343 g/mol. The second-order valence-corrected chi connectivity index (χ2v) is 6.90. The lowest BCUT2D eigenvalue weighted by Crippen LogP contribution is -2.27. The largest absolute Gasteiger partial charge is 0.381 e. The highest BCUT2D eigenvalue weighted by Crippen LogP contribution is 2.33. The Morgan fingerprint density at radius 3 is 2.43 bits per heavy atom. The molecule has 1 saturated carbocycles. The number of aryl methyl sites for hydroxylation is 1. The summed E-state index contributed by atoms with van der Waals surface area (Å²) >= 11 is 0. The second-order valence-electron chi connectivity index (χ2n) is 6.90. The van der Waals surface area contributed by atoms with E-state index >= 15 is 0 Å². The maximum atomic E-state index is 6.06. The summed E-state index contributed by atoms with van der Waals surface area (Å²) in [7, 11) is 0. The van der Waals surface area contributed by atoms with Gasteiger partial charge in [0, 0.05) is 37.6 Å². The molecule has 1 aliphatic heterocycles. The minimum absolute atomic E-state index is 0. The number of nitrogens with zero attached hydrogens (tertiary/aromatic N) is 3. The number of halogens is 1. The molecule has 3 rings (SSSR count). The van der Waals surface area contributed by atoms with Crippen molar-refractivity contribution in [1.82, 2.24) is 14.8 Å². The van der Waals surface area contributed by atoms with E-state index in [1.807, 2.05) is 0 Å². The van der Waals surface area contributed by atoms with E-state index in [4.69, 9.17) is 20.6 Å². The van der Waals surface area contributed by atoms with E-state index in [9.17, 15) is 0 Å². The fourth-order valence-electron chi connectivity index (χ4n) is 3.65. The first-order valence-corrected chi connectivity index (χ1v) is 9.06. The highest BCUT2D eigenvalue weighted by Gasteiger charge is 2.27. The normalized spacial score (nSPS) is 26.0. The van der Waals surface area contributed by atoms with Crippen molar-refractivity contribution in [2.45, 2.75) is 82.7 Å². The van der Waals surface area contributed by atoms with Crippen LogP contribution in [0.3, 0.4) is 0 Å². The van der Waals surface area contributed by atoms with Crippen molar-refractivity contribution >= 4 is 12.4 Å². The molecule has 0 atom stereocenters. The van der Waals surface area contributed by atoms with Gasteiger partial charge in [-0.15, -0.1) is 12.4 Å². The smallest absolute Gasteiger partial charge is 0.154 e. The van der Waals surface area contributed by atoms with Crippen LogP contribution in [0.25, 0.3) is 0 Å². The van der Waals surface area contributed by atoms with Crippen molar-refractivity contribution in [1.29, 1.82) is 0 Å².